The van der Waals surface area contributed by atoms with Gasteiger partial charge < -0.3 is 15.0 Å². The van der Waals surface area contributed by atoms with E-state index in [4.69, 9.17) is 4.74 Å². The predicted molar refractivity (Wildman–Crippen MR) is 72.5 cm³/mol. The molecule has 0 spiro atoms. The Balaban J connectivity index is 2.14. The van der Waals surface area contributed by atoms with Crippen LogP contribution in [-0.4, -0.2) is 75.4 Å². The lowest BCUT2D eigenvalue weighted by atomic mass is 10.1. The van der Waals surface area contributed by atoms with Crippen LogP contribution in [0.15, 0.2) is 0 Å². The second-order valence-corrected chi connectivity index (χ2v) is 5.28. The molecule has 0 radical (unpaired) electrons. The van der Waals surface area contributed by atoms with Crippen molar-refractivity contribution in [1.29, 1.82) is 0 Å². The SMILES string of the molecule is CCC1CNC(C)CN1CCOCCN(C)C. The molecule has 1 rings (SSSR count). The number of nitrogens with zero attached hydrogens (tertiary/aromatic N) is 2. The molecule has 1 heterocycles. The van der Waals surface area contributed by atoms with Crippen molar-refractivity contribution in [3.63, 3.8) is 0 Å². The third-order valence-corrected chi connectivity index (χ3v) is 3.40. The molecule has 0 aromatic rings. The molecule has 2 atom stereocenters. The number of nitrogens with one attached hydrogen (secondary N) is 1. The first-order valence-electron chi connectivity index (χ1n) is 6.83. The normalized spacial score (nSPS) is 26.6. The second kappa shape index (κ2) is 8.03. The summed E-state index contributed by atoms with van der Waals surface area (Å²) in [6.45, 7) is 10.6. The monoisotopic (exact) mass is 243 g/mol. The summed E-state index contributed by atoms with van der Waals surface area (Å²) in [5.74, 6) is 0. The molecule has 102 valence electrons. The molecular formula is C13H29N3O. The van der Waals surface area contributed by atoms with Crippen molar-refractivity contribution in [1.82, 2.24) is 15.1 Å². The zero-order valence-electron chi connectivity index (χ0n) is 11.9. The van der Waals surface area contributed by atoms with E-state index in [1.165, 1.54) is 6.42 Å². The second-order valence-electron chi connectivity index (χ2n) is 5.28. The average molecular weight is 243 g/mol. The topological polar surface area (TPSA) is 27.7 Å². The standard InChI is InChI=1S/C13H29N3O/c1-5-13-10-14-12(2)11-16(13)7-9-17-8-6-15(3)4/h12-14H,5-11H2,1-4H3. The fourth-order valence-electron chi connectivity index (χ4n) is 2.24. The molecular weight excluding hydrogens is 214 g/mol. The van der Waals surface area contributed by atoms with Crippen molar-refractivity contribution in [2.24, 2.45) is 0 Å². The Hall–Kier alpha value is -0.160. The van der Waals surface area contributed by atoms with Crippen molar-refractivity contribution in [2.75, 3.05) is 53.5 Å². The molecule has 2 unspecified atom stereocenters. The van der Waals surface area contributed by atoms with Gasteiger partial charge in [-0.15, -0.1) is 0 Å². The van der Waals surface area contributed by atoms with E-state index in [1.54, 1.807) is 0 Å². The van der Waals surface area contributed by atoms with Crippen molar-refractivity contribution in [2.45, 2.75) is 32.4 Å². The first kappa shape index (κ1) is 14.9. The van der Waals surface area contributed by atoms with Gasteiger partial charge in [0, 0.05) is 38.3 Å². The molecule has 1 saturated heterocycles. The fraction of sp³-hybridized carbons (Fsp3) is 1.00. The zero-order valence-corrected chi connectivity index (χ0v) is 11.9. The van der Waals surface area contributed by atoms with Crippen LogP contribution in [0.5, 0.6) is 0 Å². The maximum atomic E-state index is 5.67. The molecule has 0 amide bonds. The van der Waals surface area contributed by atoms with Gasteiger partial charge in [-0.25, -0.2) is 0 Å². The molecule has 1 N–H and O–H groups in total. The van der Waals surface area contributed by atoms with Gasteiger partial charge in [0.2, 0.25) is 0 Å². The summed E-state index contributed by atoms with van der Waals surface area (Å²) in [4.78, 5) is 4.72. The number of likely N-dealkylation sites (N-methyl/N-ethyl adjacent to an activating group) is 1. The lowest BCUT2D eigenvalue weighted by Gasteiger charge is -2.38. The van der Waals surface area contributed by atoms with Crippen LogP contribution in [0, 0.1) is 0 Å². The highest BCUT2D eigenvalue weighted by atomic mass is 16.5. The van der Waals surface area contributed by atoms with E-state index in [9.17, 15) is 0 Å². The summed E-state index contributed by atoms with van der Waals surface area (Å²) in [7, 11) is 4.16. The lowest BCUT2D eigenvalue weighted by Crippen LogP contribution is -2.55. The highest BCUT2D eigenvalue weighted by molar-refractivity contribution is 4.83. The molecule has 1 aliphatic heterocycles. The molecule has 0 aromatic heterocycles. The van der Waals surface area contributed by atoms with E-state index in [2.05, 4.69) is 43.1 Å². The average Bonchev–Trinajstić information content (AvgIpc) is 2.28. The minimum absolute atomic E-state index is 0.611. The summed E-state index contributed by atoms with van der Waals surface area (Å²) >= 11 is 0. The van der Waals surface area contributed by atoms with E-state index in [-0.39, 0.29) is 0 Å². The fourth-order valence-corrected chi connectivity index (χ4v) is 2.24. The van der Waals surface area contributed by atoms with Crippen LogP contribution in [0.1, 0.15) is 20.3 Å². The van der Waals surface area contributed by atoms with Gasteiger partial charge in [-0.1, -0.05) is 6.92 Å². The van der Waals surface area contributed by atoms with Crippen LogP contribution in [-0.2, 0) is 4.74 Å². The summed E-state index contributed by atoms with van der Waals surface area (Å²) in [6, 6.07) is 1.29. The van der Waals surface area contributed by atoms with Gasteiger partial charge in [-0.05, 0) is 27.4 Å². The smallest absolute Gasteiger partial charge is 0.0594 e. The highest BCUT2D eigenvalue weighted by Gasteiger charge is 2.23. The summed E-state index contributed by atoms with van der Waals surface area (Å²) < 4.78 is 5.67. The lowest BCUT2D eigenvalue weighted by molar-refractivity contribution is 0.0607. The number of piperazine rings is 1. The number of rotatable bonds is 7. The third kappa shape index (κ3) is 5.82. The van der Waals surface area contributed by atoms with Crippen molar-refractivity contribution >= 4 is 0 Å². The van der Waals surface area contributed by atoms with Crippen molar-refractivity contribution < 1.29 is 4.74 Å². The minimum atomic E-state index is 0.611. The Bertz CT molecular complexity index is 199. The summed E-state index contributed by atoms with van der Waals surface area (Å²) in [5.41, 5.74) is 0. The molecule has 1 aliphatic rings. The third-order valence-electron chi connectivity index (χ3n) is 3.40. The van der Waals surface area contributed by atoms with E-state index >= 15 is 0 Å². The largest absolute Gasteiger partial charge is 0.379 e. The molecule has 1 fully saturated rings. The van der Waals surface area contributed by atoms with E-state index in [0.717, 1.165) is 39.4 Å². The molecule has 4 heteroatoms. The van der Waals surface area contributed by atoms with Crippen LogP contribution >= 0.6 is 0 Å². The maximum absolute atomic E-state index is 5.67. The number of hydrogen-bond acceptors (Lipinski definition) is 4. The van der Waals surface area contributed by atoms with Crippen LogP contribution in [0.25, 0.3) is 0 Å². The maximum Gasteiger partial charge on any atom is 0.0594 e. The van der Waals surface area contributed by atoms with E-state index in [1.807, 2.05) is 0 Å². The van der Waals surface area contributed by atoms with Crippen molar-refractivity contribution in [3.05, 3.63) is 0 Å². The van der Waals surface area contributed by atoms with Gasteiger partial charge in [-0.3, -0.25) is 4.90 Å². The summed E-state index contributed by atoms with van der Waals surface area (Å²) in [5, 5.41) is 3.54. The minimum Gasteiger partial charge on any atom is -0.379 e. The predicted octanol–water partition coefficient (Wildman–Crippen LogP) is 0.637. The van der Waals surface area contributed by atoms with E-state index < -0.39 is 0 Å². The Morgan fingerprint density at radius 2 is 2.12 bits per heavy atom. The molecule has 0 bridgehead atoms. The van der Waals surface area contributed by atoms with Crippen LogP contribution in [0.2, 0.25) is 0 Å². The Kier molecular flexibility index (Phi) is 7.04. The quantitative estimate of drug-likeness (QED) is 0.664. The molecule has 17 heavy (non-hydrogen) atoms. The first-order chi connectivity index (χ1) is 8.13. The molecule has 0 aromatic carbocycles. The van der Waals surface area contributed by atoms with E-state index in [0.29, 0.717) is 12.1 Å². The Morgan fingerprint density at radius 3 is 2.76 bits per heavy atom. The van der Waals surface area contributed by atoms with Crippen molar-refractivity contribution in [3.8, 4) is 0 Å². The van der Waals surface area contributed by atoms with Crippen LogP contribution in [0.3, 0.4) is 0 Å². The van der Waals surface area contributed by atoms with Gasteiger partial charge in [0.1, 0.15) is 0 Å². The Morgan fingerprint density at radius 1 is 1.35 bits per heavy atom. The first-order valence-corrected chi connectivity index (χ1v) is 6.83. The van der Waals surface area contributed by atoms with Crippen LogP contribution < -0.4 is 5.32 Å². The van der Waals surface area contributed by atoms with Gasteiger partial charge in [0.15, 0.2) is 0 Å². The van der Waals surface area contributed by atoms with Crippen LogP contribution in [0.4, 0.5) is 0 Å². The Labute approximate surface area is 106 Å². The molecule has 0 aliphatic carbocycles. The molecule has 4 nitrogen and oxygen atoms in total. The number of ether oxygens (including phenoxy) is 1. The van der Waals surface area contributed by atoms with Gasteiger partial charge in [-0.2, -0.15) is 0 Å². The molecule has 0 saturated carbocycles. The van der Waals surface area contributed by atoms with Gasteiger partial charge in [0.25, 0.3) is 0 Å². The van der Waals surface area contributed by atoms with Gasteiger partial charge >= 0.3 is 0 Å². The highest BCUT2D eigenvalue weighted by Crippen LogP contribution is 2.09. The summed E-state index contributed by atoms with van der Waals surface area (Å²) in [6.07, 6.45) is 1.22. The van der Waals surface area contributed by atoms with Gasteiger partial charge in [0.05, 0.1) is 13.2 Å². The number of hydrogen-bond donors (Lipinski definition) is 1. The zero-order chi connectivity index (χ0) is 12.7.